The van der Waals surface area contributed by atoms with Crippen molar-refractivity contribution >= 4 is 32.0 Å². The van der Waals surface area contributed by atoms with E-state index in [0.717, 1.165) is 16.1 Å². The number of nitrogens with zero attached hydrogens (tertiary/aromatic N) is 2. The van der Waals surface area contributed by atoms with Gasteiger partial charge in [0, 0.05) is 37.2 Å². The fraction of sp³-hybridized carbons (Fsp3) is 0.316. The molecule has 1 N–H and O–H groups in total. The van der Waals surface area contributed by atoms with Gasteiger partial charge in [0.25, 0.3) is 0 Å². The van der Waals surface area contributed by atoms with Gasteiger partial charge in [-0.15, -0.1) is 0 Å². The molecule has 1 fully saturated rings. The number of urea groups is 1. The minimum absolute atomic E-state index is 0.133. The highest BCUT2D eigenvalue weighted by Gasteiger charge is 2.31. The second-order valence-corrected chi connectivity index (χ2v) is 9.16. The van der Waals surface area contributed by atoms with Gasteiger partial charge in [-0.1, -0.05) is 46.3 Å². The van der Waals surface area contributed by atoms with Crippen molar-refractivity contribution in [3.05, 3.63) is 64.4 Å². The quantitative estimate of drug-likeness (QED) is 0.731. The van der Waals surface area contributed by atoms with Gasteiger partial charge < -0.3 is 10.2 Å². The maximum atomic E-state index is 13.9. The largest absolute Gasteiger partial charge is 0.338 e. The Morgan fingerprint density at radius 1 is 1.04 bits per heavy atom. The highest BCUT2D eigenvalue weighted by atomic mass is 79.9. The van der Waals surface area contributed by atoms with Crippen LogP contribution < -0.4 is 5.32 Å². The molecule has 1 aliphatic heterocycles. The first-order valence-electron chi connectivity index (χ1n) is 8.90. The Kier molecular flexibility index (Phi) is 6.69. The maximum Gasteiger partial charge on any atom is 0.317 e. The van der Waals surface area contributed by atoms with Gasteiger partial charge >= 0.3 is 6.03 Å². The first-order chi connectivity index (χ1) is 13.4. The third-order valence-corrected chi connectivity index (χ3v) is 7.31. The van der Waals surface area contributed by atoms with E-state index in [4.69, 9.17) is 0 Å². The molecule has 1 aliphatic rings. The zero-order valence-corrected chi connectivity index (χ0v) is 17.5. The van der Waals surface area contributed by atoms with E-state index in [0.29, 0.717) is 13.0 Å². The summed E-state index contributed by atoms with van der Waals surface area (Å²) in [4.78, 5) is 13.6. The summed E-state index contributed by atoms with van der Waals surface area (Å²) in [5.41, 5.74) is 1.10. The van der Waals surface area contributed by atoms with E-state index in [1.807, 2.05) is 24.3 Å². The molecule has 3 rings (SSSR count). The number of halogens is 2. The molecular formula is C19H21BrFN3O3S. The Balaban J connectivity index is 1.51. The average molecular weight is 470 g/mol. The molecule has 1 heterocycles. The van der Waals surface area contributed by atoms with Gasteiger partial charge in [0.1, 0.15) is 10.7 Å². The van der Waals surface area contributed by atoms with Gasteiger partial charge in [-0.2, -0.15) is 4.31 Å². The smallest absolute Gasteiger partial charge is 0.317 e. The normalized spacial score (nSPS) is 15.4. The van der Waals surface area contributed by atoms with Crippen LogP contribution in [0.2, 0.25) is 0 Å². The van der Waals surface area contributed by atoms with Crippen LogP contribution in [0, 0.1) is 5.82 Å². The number of piperazine rings is 1. The standard InChI is InChI=1S/C19H21BrFN3O3S/c20-16-6-2-1-5-15(16)9-10-22-19(25)23-11-13-24(14-12-23)28(26,27)18-8-4-3-7-17(18)21/h1-8H,9-14H2,(H,22,25). The summed E-state index contributed by atoms with van der Waals surface area (Å²) in [6.07, 6.45) is 0.689. The Morgan fingerprint density at radius 3 is 2.36 bits per heavy atom. The molecule has 0 aliphatic carbocycles. The van der Waals surface area contributed by atoms with Crippen LogP contribution in [0.4, 0.5) is 9.18 Å². The minimum Gasteiger partial charge on any atom is -0.338 e. The van der Waals surface area contributed by atoms with E-state index in [-0.39, 0.29) is 37.1 Å². The Labute approximate surface area is 172 Å². The van der Waals surface area contributed by atoms with Gasteiger partial charge in [0.05, 0.1) is 0 Å². The van der Waals surface area contributed by atoms with Gasteiger partial charge in [-0.05, 0) is 30.2 Å². The molecule has 2 aromatic rings. The summed E-state index contributed by atoms with van der Waals surface area (Å²) in [5, 5.41) is 2.86. The predicted molar refractivity (Wildman–Crippen MR) is 108 cm³/mol. The van der Waals surface area contributed by atoms with Crippen LogP contribution >= 0.6 is 15.9 Å². The molecule has 0 aromatic heterocycles. The molecule has 6 nitrogen and oxygen atoms in total. The Morgan fingerprint density at radius 2 is 1.68 bits per heavy atom. The van der Waals surface area contributed by atoms with Crippen molar-refractivity contribution < 1.29 is 17.6 Å². The van der Waals surface area contributed by atoms with Crippen LogP contribution in [-0.2, 0) is 16.4 Å². The lowest BCUT2D eigenvalue weighted by atomic mass is 10.1. The third-order valence-electron chi connectivity index (χ3n) is 4.61. The molecule has 0 unspecified atom stereocenters. The van der Waals surface area contributed by atoms with Crippen molar-refractivity contribution in [2.45, 2.75) is 11.3 Å². The number of hydrogen-bond donors (Lipinski definition) is 1. The highest BCUT2D eigenvalue weighted by Crippen LogP contribution is 2.20. The molecule has 2 aromatic carbocycles. The zero-order chi connectivity index (χ0) is 20.1. The van der Waals surface area contributed by atoms with Crippen LogP contribution in [-0.4, -0.2) is 56.4 Å². The third kappa shape index (κ3) is 4.71. The number of benzene rings is 2. The van der Waals surface area contributed by atoms with Crippen molar-refractivity contribution in [2.24, 2.45) is 0 Å². The van der Waals surface area contributed by atoms with E-state index in [2.05, 4.69) is 21.2 Å². The molecule has 0 radical (unpaired) electrons. The summed E-state index contributed by atoms with van der Waals surface area (Å²) in [6.45, 7) is 1.26. The molecule has 0 spiro atoms. The van der Waals surface area contributed by atoms with Crippen LogP contribution in [0.25, 0.3) is 0 Å². The van der Waals surface area contributed by atoms with Crippen molar-refractivity contribution in [1.29, 1.82) is 0 Å². The second kappa shape index (κ2) is 9.02. The molecule has 150 valence electrons. The molecule has 28 heavy (non-hydrogen) atoms. The fourth-order valence-electron chi connectivity index (χ4n) is 3.04. The van der Waals surface area contributed by atoms with Gasteiger partial charge in [0.15, 0.2) is 0 Å². The van der Waals surface area contributed by atoms with Gasteiger partial charge in [-0.25, -0.2) is 17.6 Å². The maximum absolute atomic E-state index is 13.9. The number of sulfonamides is 1. The molecule has 1 saturated heterocycles. The van der Waals surface area contributed by atoms with E-state index >= 15 is 0 Å². The van der Waals surface area contributed by atoms with Gasteiger partial charge in [0.2, 0.25) is 10.0 Å². The summed E-state index contributed by atoms with van der Waals surface area (Å²) < 4.78 is 41.3. The van der Waals surface area contributed by atoms with Crippen LogP contribution in [0.3, 0.4) is 0 Å². The highest BCUT2D eigenvalue weighted by molar-refractivity contribution is 9.10. The van der Waals surface area contributed by atoms with Crippen molar-refractivity contribution in [2.75, 3.05) is 32.7 Å². The van der Waals surface area contributed by atoms with E-state index in [1.54, 1.807) is 4.90 Å². The summed E-state index contributed by atoms with van der Waals surface area (Å²) >= 11 is 3.48. The molecule has 2 amide bonds. The zero-order valence-electron chi connectivity index (χ0n) is 15.1. The SMILES string of the molecule is O=C(NCCc1ccccc1Br)N1CCN(S(=O)(=O)c2ccccc2F)CC1. The predicted octanol–water partition coefficient (Wildman–Crippen LogP) is 2.85. The second-order valence-electron chi connectivity index (χ2n) is 6.39. The van der Waals surface area contributed by atoms with E-state index in [1.165, 1.54) is 22.5 Å². The lowest BCUT2D eigenvalue weighted by Gasteiger charge is -2.34. The lowest BCUT2D eigenvalue weighted by molar-refractivity contribution is 0.172. The number of amides is 2. The molecular weight excluding hydrogens is 449 g/mol. The molecule has 0 bridgehead atoms. The Hall–Kier alpha value is -1.97. The molecule has 0 atom stereocenters. The van der Waals surface area contributed by atoms with Gasteiger partial charge in [-0.3, -0.25) is 0 Å². The summed E-state index contributed by atoms with van der Waals surface area (Å²) in [7, 11) is -3.90. The average Bonchev–Trinajstić information content (AvgIpc) is 2.69. The Bertz CT molecular complexity index is 947. The van der Waals surface area contributed by atoms with E-state index < -0.39 is 15.8 Å². The monoisotopic (exact) mass is 469 g/mol. The number of rotatable bonds is 5. The first-order valence-corrected chi connectivity index (χ1v) is 11.1. The number of nitrogens with one attached hydrogen (secondary N) is 1. The topological polar surface area (TPSA) is 69.7 Å². The fourth-order valence-corrected chi connectivity index (χ4v) is 5.01. The van der Waals surface area contributed by atoms with Crippen LogP contribution in [0.1, 0.15) is 5.56 Å². The molecule has 9 heteroatoms. The number of carbonyl (C=O) groups excluding carboxylic acids is 1. The van der Waals surface area contributed by atoms with Crippen molar-refractivity contribution in [3.8, 4) is 0 Å². The molecule has 0 saturated carbocycles. The first kappa shape index (κ1) is 20.8. The van der Waals surface area contributed by atoms with Crippen LogP contribution in [0.15, 0.2) is 57.9 Å². The number of carbonyl (C=O) groups is 1. The summed E-state index contributed by atoms with van der Waals surface area (Å²) in [5.74, 6) is -0.769. The number of hydrogen-bond acceptors (Lipinski definition) is 3. The van der Waals surface area contributed by atoms with Crippen molar-refractivity contribution in [3.63, 3.8) is 0 Å². The minimum atomic E-state index is -3.90. The van der Waals surface area contributed by atoms with Crippen LogP contribution in [0.5, 0.6) is 0 Å². The summed E-state index contributed by atoms with van der Waals surface area (Å²) in [6, 6.07) is 12.9. The van der Waals surface area contributed by atoms with E-state index in [9.17, 15) is 17.6 Å². The lowest BCUT2D eigenvalue weighted by Crippen LogP contribution is -2.53. The van der Waals surface area contributed by atoms with Crippen molar-refractivity contribution in [1.82, 2.24) is 14.5 Å².